The summed E-state index contributed by atoms with van der Waals surface area (Å²) in [5, 5.41) is 10.7. The Kier molecular flexibility index (Phi) is 7.18. The molecule has 1 unspecified atom stereocenters. The number of hydrogen-bond donors (Lipinski definition) is 2. The van der Waals surface area contributed by atoms with Crippen LogP contribution in [0.25, 0.3) is 6.08 Å². The molecule has 0 saturated heterocycles. The lowest BCUT2D eigenvalue weighted by molar-refractivity contribution is -0.266. The number of pyridine rings is 1. The van der Waals surface area contributed by atoms with Crippen molar-refractivity contribution < 1.29 is 18.3 Å². The average Bonchev–Trinajstić information content (AvgIpc) is 2.66. The predicted octanol–water partition coefficient (Wildman–Crippen LogP) is 4.89. The summed E-state index contributed by atoms with van der Waals surface area (Å²) in [5.74, 6) is 0.690. The number of nitrogens with zero attached hydrogens (tertiary/aromatic N) is 2. The monoisotopic (exact) mass is 421 g/mol. The minimum absolute atomic E-state index is 0.0463. The number of nitrogens with two attached hydrogens (primary N) is 1. The van der Waals surface area contributed by atoms with Crippen molar-refractivity contribution >= 4 is 11.9 Å². The summed E-state index contributed by atoms with van der Waals surface area (Å²) in [7, 11) is 1.87. The third-order valence-electron chi connectivity index (χ3n) is 5.30. The van der Waals surface area contributed by atoms with Crippen LogP contribution in [0.1, 0.15) is 44.7 Å². The van der Waals surface area contributed by atoms with Crippen LogP contribution in [0.3, 0.4) is 0 Å². The Morgan fingerprint density at radius 3 is 2.37 bits per heavy atom. The Labute approximate surface area is 176 Å². The summed E-state index contributed by atoms with van der Waals surface area (Å²) in [5.41, 5.74) is 3.42. The second-order valence-electron chi connectivity index (χ2n) is 8.31. The highest BCUT2D eigenvalue weighted by atomic mass is 19.4. The highest BCUT2D eigenvalue weighted by Crippen LogP contribution is 2.44. The van der Waals surface area contributed by atoms with Gasteiger partial charge in [-0.3, -0.25) is 0 Å². The zero-order valence-electron chi connectivity index (χ0n) is 17.9. The van der Waals surface area contributed by atoms with E-state index in [4.69, 9.17) is 5.73 Å². The second-order valence-corrected chi connectivity index (χ2v) is 8.31. The standard InChI is InChI=1S/C23H30F3N3O/c1-5-29(4)20-14-17(11-12-28-20)13-19(27)15-22(30,23(24,25)26)16-21(2,3)18-9-7-6-8-10-18/h6-14,30H,5,15-16,27H2,1-4H3/b19-13-. The molecule has 0 bridgehead atoms. The average molecular weight is 422 g/mol. The van der Waals surface area contributed by atoms with Gasteiger partial charge in [0.15, 0.2) is 5.60 Å². The Morgan fingerprint density at radius 1 is 1.17 bits per heavy atom. The third kappa shape index (κ3) is 5.75. The van der Waals surface area contributed by atoms with Crippen molar-refractivity contribution in [1.82, 2.24) is 4.98 Å². The number of aliphatic hydroxyl groups is 1. The van der Waals surface area contributed by atoms with E-state index in [0.717, 1.165) is 12.1 Å². The van der Waals surface area contributed by atoms with Gasteiger partial charge in [-0.25, -0.2) is 4.98 Å². The first-order valence-corrected chi connectivity index (χ1v) is 9.86. The molecule has 0 aliphatic heterocycles. The molecule has 1 heterocycles. The first-order chi connectivity index (χ1) is 13.9. The van der Waals surface area contributed by atoms with Crippen molar-refractivity contribution in [1.29, 1.82) is 0 Å². The van der Waals surface area contributed by atoms with Gasteiger partial charge in [-0.15, -0.1) is 0 Å². The van der Waals surface area contributed by atoms with Crippen LogP contribution < -0.4 is 10.6 Å². The largest absolute Gasteiger partial charge is 0.417 e. The summed E-state index contributed by atoms with van der Waals surface area (Å²) in [6.07, 6.45) is -3.02. The van der Waals surface area contributed by atoms with Crippen LogP contribution in [0, 0.1) is 0 Å². The predicted molar refractivity (Wildman–Crippen MR) is 115 cm³/mol. The lowest BCUT2D eigenvalue weighted by Crippen LogP contribution is -2.49. The number of anilines is 1. The fourth-order valence-corrected chi connectivity index (χ4v) is 3.48. The van der Waals surface area contributed by atoms with Gasteiger partial charge in [0.25, 0.3) is 0 Å². The molecule has 0 aliphatic rings. The maximum Gasteiger partial charge on any atom is 0.417 e. The molecule has 2 rings (SSSR count). The quantitative estimate of drug-likeness (QED) is 0.637. The van der Waals surface area contributed by atoms with E-state index in [1.807, 2.05) is 18.9 Å². The van der Waals surface area contributed by atoms with Gasteiger partial charge in [-0.2, -0.15) is 13.2 Å². The molecule has 3 N–H and O–H groups in total. The van der Waals surface area contributed by atoms with E-state index in [-0.39, 0.29) is 5.70 Å². The molecule has 0 aliphatic carbocycles. The van der Waals surface area contributed by atoms with E-state index < -0.39 is 30.0 Å². The van der Waals surface area contributed by atoms with Crippen molar-refractivity contribution in [2.45, 2.75) is 50.8 Å². The molecular weight excluding hydrogens is 391 g/mol. The van der Waals surface area contributed by atoms with Gasteiger partial charge in [0, 0.05) is 31.9 Å². The first-order valence-electron chi connectivity index (χ1n) is 9.86. The number of hydrogen-bond acceptors (Lipinski definition) is 4. The molecule has 0 amide bonds. The van der Waals surface area contributed by atoms with Crippen LogP contribution in [0.4, 0.5) is 19.0 Å². The summed E-state index contributed by atoms with van der Waals surface area (Å²) in [6.45, 7) is 6.08. The summed E-state index contributed by atoms with van der Waals surface area (Å²) >= 11 is 0. The normalized spacial score (nSPS) is 15.0. The molecule has 30 heavy (non-hydrogen) atoms. The van der Waals surface area contributed by atoms with Crippen LogP contribution in [-0.4, -0.2) is 35.5 Å². The number of aromatic nitrogens is 1. The van der Waals surface area contributed by atoms with Crippen molar-refractivity contribution in [2.75, 3.05) is 18.5 Å². The summed E-state index contributed by atoms with van der Waals surface area (Å²) in [6, 6.07) is 12.3. The minimum atomic E-state index is -4.83. The van der Waals surface area contributed by atoms with E-state index in [2.05, 4.69) is 4.98 Å². The van der Waals surface area contributed by atoms with E-state index in [1.54, 1.807) is 62.5 Å². The van der Waals surface area contributed by atoms with Gasteiger partial charge in [0.05, 0.1) is 0 Å². The topological polar surface area (TPSA) is 62.4 Å². The Balaban J connectivity index is 2.31. The van der Waals surface area contributed by atoms with Gasteiger partial charge in [0.1, 0.15) is 5.82 Å². The SMILES string of the molecule is CCN(C)c1cc(/C=C(\N)CC(O)(CC(C)(C)c2ccccc2)C(F)(F)F)ccn1. The molecule has 0 radical (unpaired) electrons. The van der Waals surface area contributed by atoms with Crippen molar-refractivity contribution in [2.24, 2.45) is 5.73 Å². The molecule has 7 heteroatoms. The maximum absolute atomic E-state index is 13.9. The van der Waals surface area contributed by atoms with Crippen molar-refractivity contribution in [3.8, 4) is 0 Å². The van der Waals surface area contributed by atoms with Crippen LogP contribution in [0.5, 0.6) is 0 Å². The van der Waals surface area contributed by atoms with Gasteiger partial charge in [-0.1, -0.05) is 44.2 Å². The van der Waals surface area contributed by atoms with E-state index >= 15 is 0 Å². The fourth-order valence-electron chi connectivity index (χ4n) is 3.48. The lowest BCUT2D eigenvalue weighted by Gasteiger charge is -2.38. The number of halogens is 3. The smallest absolute Gasteiger partial charge is 0.402 e. The Bertz CT molecular complexity index is 865. The van der Waals surface area contributed by atoms with E-state index in [9.17, 15) is 18.3 Å². The van der Waals surface area contributed by atoms with E-state index in [1.165, 1.54) is 6.08 Å². The molecule has 2 aromatic rings. The molecule has 0 spiro atoms. The number of alkyl halides is 3. The Morgan fingerprint density at radius 2 is 1.80 bits per heavy atom. The van der Waals surface area contributed by atoms with Gasteiger partial charge in [0.2, 0.25) is 0 Å². The highest BCUT2D eigenvalue weighted by molar-refractivity contribution is 5.56. The number of rotatable bonds is 8. The summed E-state index contributed by atoms with van der Waals surface area (Å²) < 4.78 is 41.7. The van der Waals surface area contributed by atoms with E-state index in [0.29, 0.717) is 11.4 Å². The molecule has 4 nitrogen and oxygen atoms in total. The molecule has 1 aromatic carbocycles. The molecule has 164 valence electrons. The van der Waals surface area contributed by atoms with Crippen LogP contribution in [-0.2, 0) is 5.41 Å². The third-order valence-corrected chi connectivity index (χ3v) is 5.30. The second kappa shape index (κ2) is 9.08. The molecule has 1 atom stereocenters. The van der Waals surface area contributed by atoms with Crippen molar-refractivity contribution in [3.05, 3.63) is 65.5 Å². The fraction of sp³-hybridized carbons (Fsp3) is 0.435. The molecule has 1 aromatic heterocycles. The van der Waals surface area contributed by atoms with Crippen LogP contribution >= 0.6 is 0 Å². The molecule has 0 saturated carbocycles. The highest BCUT2D eigenvalue weighted by Gasteiger charge is 2.55. The van der Waals surface area contributed by atoms with Gasteiger partial charge >= 0.3 is 6.18 Å². The zero-order chi connectivity index (χ0) is 22.6. The Hall–Kier alpha value is -2.54. The lowest BCUT2D eigenvalue weighted by atomic mass is 9.73. The maximum atomic E-state index is 13.9. The molecular formula is C23H30F3N3O. The van der Waals surface area contributed by atoms with Crippen LogP contribution in [0.15, 0.2) is 54.4 Å². The minimum Gasteiger partial charge on any atom is -0.402 e. The molecule has 0 fully saturated rings. The first kappa shape index (κ1) is 23.7. The zero-order valence-corrected chi connectivity index (χ0v) is 17.9. The van der Waals surface area contributed by atoms with Crippen molar-refractivity contribution in [3.63, 3.8) is 0 Å². The summed E-state index contributed by atoms with van der Waals surface area (Å²) in [4.78, 5) is 6.14. The van der Waals surface area contributed by atoms with Crippen LogP contribution in [0.2, 0.25) is 0 Å². The van der Waals surface area contributed by atoms with Gasteiger partial charge < -0.3 is 15.7 Å². The van der Waals surface area contributed by atoms with Gasteiger partial charge in [-0.05, 0) is 48.1 Å². The number of benzene rings is 1.